The van der Waals surface area contributed by atoms with Gasteiger partial charge in [0, 0.05) is 23.5 Å². The number of hydrogen-bond acceptors (Lipinski definition) is 5. The normalized spacial score (nSPS) is 12.2. The van der Waals surface area contributed by atoms with Crippen molar-refractivity contribution >= 4 is 50.7 Å². The summed E-state index contributed by atoms with van der Waals surface area (Å²) in [5.41, 5.74) is 0.943. The van der Waals surface area contributed by atoms with E-state index in [9.17, 15) is 18.0 Å². The summed E-state index contributed by atoms with van der Waals surface area (Å²) in [6, 6.07) is 27.7. The number of benzene rings is 4. The van der Waals surface area contributed by atoms with E-state index in [4.69, 9.17) is 27.9 Å². The van der Waals surface area contributed by atoms with Crippen LogP contribution in [-0.4, -0.2) is 50.4 Å². The molecule has 0 fully saturated rings. The van der Waals surface area contributed by atoms with Crippen LogP contribution < -0.4 is 14.4 Å². The van der Waals surface area contributed by atoms with Gasteiger partial charge in [-0.05, 0) is 74.4 Å². The first-order valence-corrected chi connectivity index (χ1v) is 16.8. The Kier molecular flexibility index (Phi) is 11.4. The van der Waals surface area contributed by atoms with Crippen molar-refractivity contribution in [3.8, 4) is 5.75 Å². The minimum atomic E-state index is -4.32. The van der Waals surface area contributed by atoms with Crippen molar-refractivity contribution in [1.82, 2.24) is 10.2 Å². The lowest BCUT2D eigenvalue weighted by Crippen LogP contribution is -2.56. The zero-order valence-electron chi connectivity index (χ0n) is 26.1. The first kappa shape index (κ1) is 34.8. The average Bonchev–Trinajstić information content (AvgIpc) is 3.02. The molecule has 0 bridgehead atoms. The average molecular weight is 683 g/mol. The Morgan fingerprint density at radius 2 is 1.48 bits per heavy atom. The third-order valence-electron chi connectivity index (χ3n) is 7.04. The summed E-state index contributed by atoms with van der Waals surface area (Å²) < 4.78 is 34.6. The van der Waals surface area contributed by atoms with Gasteiger partial charge < -0.3 is 15.0 Å². The van der Waals surface area contributed by atoms with Crippen LogP contribution in [0.5, 0.6) is 5.75 Å². The zero-order valence-corrected chi connectivity index (χ0v) is 28.4. The number of amides is 2. The van der Waals surface area contributed by atoms with Gasteiger partial charge in [-0.2, -0.15) is 0 Å². The van der Waals surface area contributed by atoms with Crippen LogP contribution in [-0.2, 0) is 32.6 Å². The van der Waals surface area contributed by atoms with Crippen molar-refractivity contribution in [2.24, 2.45) is 0 Å². The summed E-state index contributed by atoms with van der Waals surface area (Å²) in [7, 11) is -2.78. The number of sulfonamides is 1. The maximum absolute atomic E-state index is 14.6. The minimum Gasteiger partial charge on any atom is -0.497 e. The Morgan fingerprint density at radius 3 is 2.11 bits per heavy atom. The van der Waals surface area contributed by atoms with Gasteiger partial charge in [-0.1, -0.05) is 83.9 Å². The van der Waals surface area contributed by atoms with Crippen molar-refractivity contribution in [1.29, 1.82) is 0 Å². The van der Waals surface area contributed by atoms with E-state index in [1.165, 1.54) is 42.3 Å². The molecule has 0 saturated heterocycles. The number of methoxy groups -OCH3 is 1. The molecule has 4 aromatic rings. The van der Waals surface area contributed by atoms with Crippen LogP contribution >= 0.6 is 23.2 Å². The summed E-state index contributed by atoms with van der Waals surface area (Å²) in [5, 5.41) is 3.33. The maximum Gasteiger partial charge on any atom is 0.264 e. The van der Waals surface area contributed by atoms with E-state index in [1.807, 2.05) is 57.2 Å². The summed E-state index contributed by atoms with van der Waals surface area (Å²) in [6.45, 7) is 4.90. The van der Waals surface area contributed by atoms with Gasteiger partial charge in [-0.15, -0.1) is 0 Å². The van der Waals surface area contributed by atoms with Crippen molar-refractivity contribution < 1.29 is 22.7 Å². The number of ether oxygens (including phenoxy) is 1. The van der Waals surface area contributed by atoms with Crippen molar-refractivity contribution in [3.05, 3.63) is 124 Å². The van der Waals surface area contributed by atoms with Gasteiger partial charge in [-0.3, -0.25) is 13.9 Å². The third-order valence-corrected chi connectivity index (χ3v) is 9.37. The summed E-state index contributed by atoms with van der Waals surface area (Å²) in [4.78, 5) is 30.0. The van der Waals surface area contributed by atoms with Gasteiger partial charge in [0.15, 0.2) is 0 Å². The fourth-order valence-corrected chi connectivity index (χ4v) is 6.77. The van der Waals surface area contributed by atoms with E-state index < -0.39 is 34.1 Å². The van der Waals surface area contributed by atoms with E-state index >= 15 is 0 Å². The Hall–Kier alpha value is -4.05. The predicted octanol–water partition coefficient (Wildman–Crippen LogP) is 6.75. The van der Waals surface area contributed by atoms with E-state index in [1.54, 1.807) is 36.4 Å². The molecule has 0 aliphatic heterocycles. The molecule has 46 heavy (non-hydrogen) atoms. The number of carbonyl (C=O) groups excluding carboxylic acids is 2. The van der Waals surface area contributed by atoms with Crippen LogP contribution in [0.1, 0.15) is 31.9 Å². The van der Waals surface area contributed by atoms with Gasteiger partial charge >= 0.3 is 0 Å². The third kappa shape index (κ3) is 9.02. The highest BCUT2D eigenvalue weighted by molar-refractivity contribution is 7.92. The first-order chi connectivity index (χ1) is 21.8. The lowest BCUT2D eigenvalue weighted by atomic mass is 10.0. The molecule has 1 atom stereocenters. The van der Waals surface area contributed by atoms with Gasteiger partial charge in [0.25, 0.3) is 10.0 Å². The molecule has 0 saturated carbocycles. The fourth-order valence-electron chi connectivity index (χ4n) is 4.88. The Bertz CT molecular complexity index is 1760. The van der Waals surface area contributed by atoms with E-state index in [0.29, 0.717) is 11.3 Å². The Labute approximate surface area is 280 Å². The van der Waals surface area contributed by atoms with Crippen LogP contribution in [0.4, 0.5) is 5.69 Å². The molecule has 1 unspecified atom stereocenters. The van der Waals surface area contributed by atoms with E-state index in [0.717, 1.165) is 9.87 Å². The summed E-state index contributed by atoms with van der Waals surface area (Å²) in [6.07, 6.45) is 0.182. The molecule has 8 nitrogen and oxygen atoms in total. The fraction of sp³-hybridized carbons (Fsp3) is 0.257. The molecule has 0 spiro atoms. The van der Waals surface area contributed by atoms with Gasteiger partial charge in [-0.25, -0.2) is 8.42 Å². The minimum absolute atomic E-state index is 0.00635. The summed E-state index contributed by atoms with van der Waals surface area (Å²) in [5.74, 6) is -0.433. The van der Waals surface area contributed by atoms with Crippen LogP contribution in [0.15, 0.2) is 108 Å². The number of anilines is 1. The number of hydrogen-bond donors (Lipinski definition) is 1. The highest BCUT2D eigenvalue weighted by Crippen LogP contribution is 2.33. The highest BCUT2D eigenvalue weighted by atomic mass is 35.5. The molecule has 4 aromatic carbocycles. The van der Waals surface area contributed by atoms with Crippen LogP contribution in [0.25, 0.3) is 0 Å². The van der Waals surface area contributed by atoms with Gasteiger partial charge in [0.2, 0.25) is 11.8 Å². The molecule has 4 rings (SSSR count). The first-order valence-electron chi connectivity index (χ1n) is 14.6. The van der Waals surface area contributed by atoms with Crippen LogP contribution in [0, 0.1) is 0 Å². The van der Waals surface area contributed by atoms with E-state index in [2.05, 4.69) is 5.32 Å². The number of nitrogens with zero attached hydrogens (tertiary/aromatic N) is 2. The van der Waals surface area contributed by atoms with Gasteiger partial charge in [0.05, 0.1) is 22.7 Å². The van der Waals surface area contributed by atoms with Crippen LogP contribution in [0.3, 0.4) is 0 Å². The Balaban J connectivity index is 1.85. The molecule has 0 heterocycles. The van der Waals surface area contributed by atoms with Crippen LogP contribution in [0.2, 0.25) is 10.0 Å². The van der Waals surface area contributed by atoms with E-state index in [-0.39, 0.29) is 39.5 Å². The lowest BCUT2D eigenvalue weighted by molar-refractivity contribution is -0.140. The number of nitrogens with one attached hydrogen (secondary N) is 1. The van der Waals surface area contributed by atoms with Crippen molar-refractivity contribution in [2.45, 2.75) is 50.2 Å². The topological polar surface area (TPSA) is 96.0 Å². The monoisotopic (exact) mass is 681 g/mol. The van der Waals surface area contributed by atoms with Crippen molar-refractivity contribution in [3.63, 3.8) is 0 Å². The molecule has 0 aliphatic rings. The number of halogens is 2. The molecule has 0 aromatic heterocycles. The second-order valence-corrected chi connectivity index (χ2v) is 14.4. The largest absolute Gasteiger partial charge is 0.497 e. The highest BCUT2D eigenvalue weighted by Gasteiger charge is 2.36. The molecule has 2 amide bonds. The molecular weight excluding hydrogens is 645 g/mol. The molecule has 11 heteroatoms. The lowest BCUT2D eigenvalue weighted by Gasteiger charge is -2.35. The van der Waals surface area contributed by atoms with Gasteiger partial charge in [0.1, 0.15) is 18.3 Å². The summed E-state index contributed by atoms with van der Waals surface area (Å²) >= 11 is 12.8. The molecule has 0 radical (unpaired) electrons. The zero-order chi connectivity index (χ0) is 33.5. The molecule has 242 valence electrons. The predicted molar refractivity (Wildman–Crippen MR) is 183 cm³/mol. The Morgan fingerprint density at radius 1 is 0.848 bits per heavy atom. The molecule has 1 N–H and O–H groups in total. The quantitative estimate of drug-likeness (QED) is 0.178. The second kappa shape index (κ2) is 15.0. The second-order valence-electron chi connectivity index (χ2n) is 11.7. The smallest absolute Gasteiger partial charge is 0.264 e. The SMILES string of the molecule is COc1cccc(CN(C(=O)CN(c2cc(Cl)ccc2Cl)S(=O)(=O)c2ccccc2)C(Cc2ccccc2)C(=O)NC(C)(C)C)c1. The maximum atomic E-state index is 14.6. The number of rotatable bonds is 12. The van der Waals surface area contributed by atoms with Crippen molar-refractivity contribution in [2.75, 3.05) is 18.0 Å². The number of carbonyl (C=O) groups is 2. The molecular formula is C35H37Cl2N3O5S. The standard InChI is InChI=1S/C35H37Cl2N3O5S/c1-35(2,3)38-34(42)32(21-25-12-7-5-8-13-25)39(23-26-14-11-15-28(20-26)45-4)33(41)24-40(31-22-27(36)18-19-30(31)37)46(43,44)29-16-9-6-10-17-29/h5-20,22,32H,21,23-24H2,1-4H3,(H,38,42). The molecule has 0 aliphatic carbocycles.